The molecule has 2 atom stereocenters. The average molecular weight is 525 g/mol. The minimum Gasteiger partial charge on any atom is -0.351 e. The van der Waals surface area contributed by atoms with Crippen LogP contribution >= 0.6 is 0 Å². The lowest BCUT2D eigenvalue weighted by molar-refractivity contribution is -0.129. The van der Waals surface area contributed by atoms with E-state index in [4.69, 9.17) is 0 Å². The molecule has 2 heterocycles. The van der Waals surface area contributed by atoms with Crippen molar-refractivity contribution in [2.75, 3.05) is 13.1 Å². The van der Waals surface area contributed by atoms with Gasteiger partial charge in [-0.15, -0.1) is 0 Å². The summed E-state index contributed by atoms with van der Waals surface area (Å²) in [7, 11) is -3.82. The predicted molar refractivity (Wildman–Crippen MR) is 140 cm³/mol. The number of benzene rings is 2. The summed E-state index contributed by atoms with van der Waals surface area (Å²) in [5.41, 5.74) is 1.16. The van der Waals surface area contributed by atoms with Crippen molar-refractivity contribution in [3.05, 3.63) is 66.4 Å². The Labute approximate surface area is 216 Å². The smallest absolute Gasteiger partial charge is 0.268 e. The zero-order valence-corrected chi connectivity index (χ0v) is 21.8. The molecule has 4 rings (SSSR count). The van der Waals surface area contributed by atoms with Gasteiger partial charge in [-0.05, 0) is 49.4 Å². The maximum atomic E-state index is 13.2. The highest BCUT2D eigenvalue weighted by Gasteiger charge is 2.34. The third-order valence-corrected chi connectivity index (χ3v) is 8.28. The molecule has 9 nitrogen and oxygen atoms in total. The first kappa shape index (κ1) is 26.6. The van der Waals surface area contributed by atoms with E-state index in [1.807, 2.05) is 38.1 Å². The molecule has 3 aromatic rings. The molecule has 0 aliphatic carbocycles. The minimum absolute atomic E-state index is 0.107. The first-order valence-electron chi connectivity index (χ1n) is 12.4. The number of hydrogen-bond donors (Lipinski definition) is 3. The van der Waals surface area contributed by atoms with Gasteiger partial charge < -0.3 is 15.6 Å². The number of carbonyl (C=O) groups excluding carboxylic acids is 3. The van der Waals surface area contributed by atoms with Gasteiger partial charge in [-0.25, -0.2) is 8.42 Å². The fourth-order valence-electron chi connectivity index (χ4n) is 4.50. The molecular formula is C27H32N4O5S. The summed E-state index contributed by atoms with van der Waals surface area (Å²) in [6.45, 7) is 3.75. The van der Waals surface area contributed by atoms with Crippen LogP contribution in [0.3, 0.4) is 0 Å². The Balaban J connectivity index is 1.44. The molecule has 0 radical (unpaired) electrons. The standard InChI is InChI=1S/C27H32N4O5S/c1-18(2)15-23(30-27(34)24-16-19-9-6-7-12-21(19)28-24)26(33)29-22-13-8-14-31(17-25(22)32)37(35,36)20-10-4-3-5-11-20/h3-7,9-12,16,18,22-23,28H,8,13-15,17H2,1-2H3,(H,29,33)(H,30,34)/t22?,23-/m0/s1. The van der Waals surface area contributed by atoms with Crippen LogP contribution < -0.4 is 10.6 Å². The van der Waals surface area contributed by atoms with E-state index in [9.17, 15) is 22.8 Å². The van der Waals surface area contributed by atoms with E-state index in [0.717, 1.165) is 10.9 Å². The fourth-order valence-corrected chi connectivity index (χ4v) is 5.97. The zero-order valence-electron chi connectivity index (χ0n) is 20.9. The highest BCUT2D eigenvalue weighted by atomic mass is 32.2. The van der Waals surface area contributed by atoms with Crippen molar-refractivity contribution >= 4 is 38.5 Å². The summed E-state index contributed by atoms with van der Waals surface area (Å²) >= 11 is 0. The lowest BCUT2D eigenvalue weighted by Crippen LogP contribution is -2.52. The third-order valence-electron chi connectivity index (χ3n) is 6.42. The maximum absolute atomic E-state index is 13.2. The number of nitrogens with one attached hydrogen (secondary N) is 3. The quantitative estimate of drug-likeness (QED) is 0.417. The van der Waals surface area contributed by atoms with Crippen LogP contribution in [0.15, 0.2) is 65.6 Å². The molecule has 10 heteroatoms. The van der Waals surface area contributed by atoms with Crippen LogP contribution in [0.2, 0.25) is 0 Å². The number of Topliss-reactive ketones (excluding diaryl/α,β-unsaturated/α-hetero) is 1. The predicted octanol–water partition coefficient (Wildman–Crippen LogP) is 2.85. The Morgan fingerprint density at radius 3 is 2.49 bits per heavy atom. The van der Waals surface area contributed by atoms with E-state index in [1.54, 1.807) is 24.3 Å². The Kier molecular flexibility index (Phi) is 8.09. The Morgan fingerprint density at radius 1 is 1.08 bits per heavy atom. The van der Waals surface area contributed by atoms with Crippen molar-refractivity contribution in [1.29, 1.82) is 0 Å². The summed E-state index contributed by atoms with van der Waals surface area (Å²) in [6.07, 6.45) is 1.11. The highest BCUT2D eigenvalue weighted by molar-refractivity contribution is 7.89. The van der Waals surface area contributed by atoms with Gasteiger partial charge in [0, 0.05) is 17.4 Å². The van der Waals surface area contributed by atoms with Crippen molar-refractivity contribution in [1.82, 2.24) is 19.9 Å². The molecule has 1 aliphatic heterocycles. The van der Waals surface area contributed by atoms with Crippen LogP contribution in [-0.2, 0) is 19.6 Å². The summed E-state index contributed by atoms with van der Waals surface area (Å²) in [4.78, 5) is 42.4. The van der Waals surface area contributed by atoms with E-state index in [1.165, 1.54) is 16.4 Å². The molecule has 1 saturated heterocycles. The van der Waals surface area contributed by atoms with Crippen molar-refractivity contribution in [3.8, 4) is 0 Å². The molecule has 2 aromatic carbocycles. The van der Waals surface area contributed by atoms with E-state index in [2.05, 4.69) is 15.6 Å². The first-order chi connectivity index (χ1) is 17.6. The SMILES string of the molecule is CC(C)C[C@H](NC(=O)c1cc2ccccc2[nH]1)C(=O)NC1CCCN(S(=O)(=O)c2ccccc2)CC1=O. The largest absolute Gasteiger partial charge is 0.351 e. The number of amides is 2. The number of sulfonamides is 1. The second-order valence-corrected chi connectivity index (χ2v) is 11.7. The normalized spacial score (nSPS) is 17.9. The molecule has 1 fully saturated rings. The van der Waals surface area contributed by atoms with Crippen molar-refractivity contribution < 1.29 is 22.8 Å². The van der Waals surface area contributed by atoms with E-state index < -0.39 is 33.9 Å². The van der Waals surface area contributed by atoms with E-state index in [0.29, 0.717) is 25.0 Å². The van der Waals surface area contributed by atoms with Gasteiger partial charge in [0.05, 0.1) is 17.5 Å². The number of aromatic amines is 1. The van der Waals surface area contributed by atoms with Crippen LogP contribution in [0.4, 0.5) is 0 Å². The highest BCUT2D eigenvalue weighted by Crippen LogP contribution is 2.20. The van der Waals surface area contributed by atoms with Crippen LogP contribution in [-0.4, -0.2) is 60.5 Å². The van der Waals surface area contributed by atoms with Crippen LogP contribution in [0.5, 0.6) is 0 Å². The van der Waals surface area contributed by atoms with E-state index in [-0.39, 0.29) is 29.7 Å². The number of rotatable bonds is 8. The molecule has 0 saturated carbocycles. The number of fused-ring (bicyclic) bond motifs is 1. The van der Waals surface area contributed by atoms with Gasteiger partial charge >= 0.3 is 0 Å². The number of ketones is 1. The minimum atomic E-state index is -3.82. The van der Waals surface area contributed by atoms with Gasteiger partial charge in [0.1, 0.15) is 11.7 Å². The number of aromatic nitrogens is 1. The topological polar surface area (TPSA) is 128 Å². The number of para-hydroxylation sites is 1. The van der Waals surface area contributed by atoms with Crippen molar-refractivity contribution in [2.24, 2.45) is 5.92 Å². The van der Waals surface area contributed by atoms with E-state index >= 15 is 0 Å². The summed E-state index contributed by atoms with van der Waals surface area (Å²) in [6, 6.07) is 15.5. The number of hydrogen-bond acceptors (Lipinski definition) is 5. The lowest BCUT2D eigenvalue weighted by atomic mass is 10.0. The lowest BCUT2D eigenvalue weighted by Gasteiger charge is -2.23. The number of carbonyl (C=O) groups is 3. The van der Waals surface area contributed by atoms with Crippen molar-refractivity contribution in [2.45, 2.75) is 50.1 Å². The summed E-state index contributed by atoms with van der Waals surface area (Å²) in [5, 5.41) is 6.46. The molecule has 1 aromatic heterocycles. The maximum Gasteiger partial charge on any atom is 0.268 e. The first-order valence-corrected chi connectivity index (χ1v) is 13.9. The zero-order chi connectivity index (χ0) is 26.6. The molecule has 1 aliphatic rings. The summed E-state index contributed by atoms with van der Waals surface area (Å²) in [5.74, 6) is -1.15. The molecule has 2 amide bonds. The summed E-state index contributed by atoms with van der Waals surface area (Å²) < 4.78 is 27.2. The monoisotopic (exact) mass is 524 g/mol. The Morgan fingerprint density at radius 2 is 1.78 bits per heavy atom. The molecule has 0 bridgehead atoms. The van der Waals surface area contributed by atoms with Crippen LogP contribution in [0, 0.1) is 5.92 Å². The fraction of sp³-hybridized carbons (Fsp3) is 0.370. The van der Waals surface area contributed by atoms with Gasteiger partial charge in [0.25, 0.3) is 5.91 Å². The molecule has 3 N–H and O–H groups in total. The molecule has 1 unspecified atom stereocenters. The van der Waals surface area contributed by atoms with Crippen molar-refractivity contribution in [3.63, 3.8) is 0 Å². The van der Waals surface area contributed by atoms with Gasteiger partial charge in [-0.1, -0.05) is 50.2 Å². The number of nitrogens with zero attached hydrogens (tertiary/aromatic N) is 1. The van der Waals surface area contributed by atoms with Gasteiger partial charge in [-0.2, -0.15) is 4.31 Å². The van der Waals surface area contributed by atoms with Gasteiger partial charge in [0.15, 0.2) is 5.78 Å². The Hall–Kier alpha value is -3.50. The third kappa shape index (κ3) is 6.26. The van der Waals surface area contributed by atoms with Crippen LogP contribution in [0.25, 0.3) is 10.9 Å². The Bertz CT molecular complexity index is 1350. The number of H-pyrrole nitrogens is 1. The second-order valence-electron chi connectivity index (χ2n) is 9.75. The van der Waals surface area contributed by atoms with Gasteiger partial charge in [-0.3, -0.25) is 14.4 Å². The molecule has 37 heavy (non-hydrogen) atoms. The van der Waals surface area contributed by atoms with Crippen LogP contribution in [0.1, 0.15) is 43.6 Å². The second kappa shape index (κ2) is 11.3. The van der Waals surface area contributed by atoms with Gasteiger partial charge in [0.2, 0.25) is 15.9 Å². The average Bonchev–Trinajstić information content (AvgIpc) is 3.23. The molecule has 196 valence electrons. The molecule has 0 spiro atoms. The molecular weight excluding hydrogens is 492 g/mol.